The summed E-state index contributed by atoms with van der Waals surface area (Å²) in [5, 5.41) is 2.86. The van der Waals surface area contributed by atoms with E-state index >= 15 is 0 Å². The molecule has 2 bridgehead atoms. The number of ether oxygens (including phenoxy) is 2. The maximum Gasteiger partial charge on any atom is 0.411 e. The molecule has 3 aromatic rings. The molecule has 0 spiro atoms. The van der Waals surface area contributed by atoms with Gasteiger partial charge in [-0.15, -0.1) is 0 Å². The summed E-state index contributed by atoms with van der Waals surface area (Å²) < 4.78 is 11.2. The number of hydrogen-bond donors (Lipinski definition) is 1. The molecule has 3 saturated heterocycles. The molecule has 37 heavy (non-hydrogen) atoms. The van der Waals surface area contributed by atoms with E-state index in [2.05, 4.69) is 30.1 Å². The number of carbonyl (C=O) groups is 1. The van der Waals surface area contributed by atoms with Crippen LogP contribution in [0.15, 0.2) is 54.6 Å². The van der Waals surface area contributed by atoms with E-state index < -0.39 is 6.09 Å². The first kappa shape index (κ1) is 25.2. The van der Waals surface area contributed by atoms with E-state index in [0.29, 0.717) is 24.4 Å². The number of hydrogen-bond acceptors (Lipinski definition) is 6. The Bertz CT molecular complexity index is 1240. The van der Waals surface area contributed by atoms with Gasteiger partial charge in [-0.05, 0) is 74.0 Å². The number of aryl methyl sites for hydroxylation is 1. The molecule has 1 aromatic heterocycles. The average molecular weight is 501 g/mol. The van der Waals surface area contributed by atoms with Gasteiger partial charge in [-0.2, -0.15) is 0 Å². The highest BCUT2D eigenvalue weighted by atomic mass is 16.5. The fourth-order valence-corrected chi connectivity index (χ4v) is 5.70. The van der Waals surface area contributed by atoms with E-state index in [1.54, 1.807) is 7.11 Å². The monoisotopic (exact) mass is 500 g/mol. The van der Waals surface area contributed by atoms with Gasteiger partial charge in [0.15, 0.2) is 0 Å². The lowest BCUT2D eigenvalue weighted by atomic mass is 9.74. The summed E-state index contributed by atoms with van der Waals surface area (Å²) in [6.07, 6.45) is 1.72. The first-order valence-corrected chi connectivity index (χ1v) is 13.2. The highest BCUT2D eigenvalue weighted by Gasteiger charge is 2.42. The van der Waals surface area contributed by atoms with Crippen molar-refractivity contribution in [1.29, 1.82) is 0 Å². The van der Waals surface area contributed by atoms with Crippen LogP contribution in [0.5, 0.6) is 5.75 Å². The van der Waals surface area contributed by atoms with Crippen LogP contribution in [0.3, 0.4) is 0 Å². The largest absolute Gasteiger partial charge is 0.496 e. The second-order valence-electron chi connectivity index (χ2n) is 10.5. The number of carbonyl (C=O) groups excluding carboxylic acids is 1. The summed E-state index contributed by atoms with van der Waals surface area (Å²) in [4.78, 5) is 24.5. The Balaban J connectivity index is 1.22. The standard InChI is InChI=1S/C30H36N4O3/c1-19(2)21-9-11-23(12-10-21)33-30(35)37-18-24-15-22-13-14-34(24)17-26(22)28-16-27(31-20(3)32-28)25-7-5-6-8-29(25)36-4/h5-12,16,19,22,24,26H,13-15,17-18H2,1-4H3,(H,33,35)/t22-,24+,26+/m0/s1. The molecule has 1 N–H and O–H groups in total. The van der Waals surface area contributed by atoms with Crippen molar-refractivity contribution in [3.8, 4) is 17.0 Å². The Morgan fingerprint density at radius 3 is 2.62 bits per heavy atom. The Morgan fingerprint density at radius 2 is 1.92 bits per heavy atom. The van der Waals surface area contributed by atoms with E-state index in [9.17, 15) is 4.79 Å². The van der Waals surface area contributed by atoms with Crippen molar-refractivity contribution in [2.75, 3.05) is 32.1 Å². The number of methoxy groups -OCH3 is 1. The Kier molecular flexibility index (Phi) is 7.42. The highest BCUT2D eigenvalue weighted by molar-refractivity contribution is 5.84. The molecule has 0 aliphatic carbocycles. The van der Waals surface area contributed by atoms with Crippen molar-refractivity contribution in [3.63, 3.8) is 0 Å². The van der Waals surface area contributed by atoms with Gasteiger partial charge in [0, 0.05) is 35.4 Å². The first-order valence-electron chi connectivity index (χ1n) is 13.2. The molecule has 7 nitrogen and oxygen atoms in total. The molecule has 1 amide bonds. The summed E-state index contributed by atoms with van der Waals surface area (Å²) in [7, 11) is 1.69. The molecular weight excluding hydrogens is 464 g/mol. The normalized spacial score (nSPS) is 22.6. The Morgan fingerprint density at radius 1 is 1.14 bits per heavy atom. The van der Waals surface area contributed by atoms with Gasteiger partial charge in [-0.1, -0.05) is 38.1 Å². The Hall–Kier alpha value is -3.45. The minimum Gasteiger partial charge on any atom is -0.496 e. The molecule has 3 aliphatic rings. The lowest BCUT2D eigenvalue weighted by molar-refractivity contribution is -0.00151. The smallest absolute Gasteiger partial charge is 0.411 e. The lowest BCUT2D eigenvalue weighted by Gasteiger charge is -2.49. The number of benzene rings is 2. The second kappa shape index (κ2) is 10.9. The van der Waals surface area contributed by atoms with Crippen molar-refractivity contribution < 1.29 is 14.3 Å². The molecule has 0 saturated carbocycles. The van der Waals surface area contributed by atoms with Crippen LogP contribution in [0, 0.1) is 12.8 Å². The number of aromatic nitrogens is 2. The summed E-state index contributed by atoms with van der Waals surface area (Å²) in [6.45, 7) is 8.60. The number of nitrogens with zero attached hydrogens (tertiary/aromatic N) is 3. The van der Waals surface area contributed by atoms with Gasteiger partial charge in [0.25, 0.3) is 0 Å². The zero-order chi connectivity index (χ0) is 25.9. The van der Waals surface area contributed by atoms with Crippen LogP contribution >= 0.6 is 0 Å². The quantitative estimate of drug-likeness (QED) is 0.428. The highest BCUT2D eigenvalue weighted by Crippen LogP contribution is 2.42. The van der Waals surface area contributed by atoms with Crippen LogP contribution in [-0.2, 0) is 4.74 Å². The summed E-state index contributed by atoms with van der Waals surface area (Å²) in [6, 6.07) is 18.3. The lowest BCUT2D eigenvalue weighted by Crippen LogP contribution is -2.54. The van der Waals surface area contributed by atoms with Crippen molar-refractivity contribution in [1.82, 2.24) is 14.9 Å². The molecule has 6 rings (SSSR count). The number of amides is 1. The molecule has 4 heterocycles. The SMILES string of the molecule is COc1ccccc1-c1cc([C@@H]2CN3CC[C@H]2C[C@@H]3COC(=O)Nc2ccc(C(C)C)cc2)nc(C)n1. The third kappa shape index (κ3) is 5.62. The Labute approximate surface area is 219 Å². The minimum absolute atomic E-state index is 0.237. The van der Waals surface area contributed by atoms with E-state index in [1.165, 1.54) is 5.56 Å². The van der Waals surface area contributed by atoms with Crippen LogP contribution in [0.2, 0.25) is 0 Å². The van der Waals surface area contributed by atoms with E-state index in [-0.39, 0.29) is 6.04 Å². The molecule has 3 fully saturated rings. The van der Waals surface area contributed by atoms with Gasteiger partial charge in [0.05, 0.1) is 12.8 Å². The van der Waals surface area contributed by atoms with Gasteiger partial charge in [0.1, 0.15) is 18.2 Å². The minimum atomic E-state index is -0.399. The molecule has 0 radical (unpaired) electrons. The van der Waals surface area contributed by atoms with Gasteiger partial charge < -0.3 is 9.47 Å². The third-order valence-corrected chi connectivity index (χ3v) is 7.73. The number of para-hydroxylation sites is 1. The van der Waals surface area contributed by atoms with Gasteiger partial charge in [-0.3, -0.25) is 10.2 Å². The fourth-order valence-electron chi connectivity index (χ4n) is 5.70. The molecule has 194 valence electrons. The van der Waals surface area contributed by atoms with Gasteiger partial charge in [0.2, 0.25) is 0 Å². The van der Waals surface area contributed by atoms with Crippen LogP contribution in [-0.4, -0.2) is 53.8 Å². The predicted molar refractivity (Wildman–Crippen MR) is 145 cm³/mol. The van der Waals surface area contributed by atoms with Crippen molar-refractivity contribution in [3.05, 3.63) is 71.7 Å². The third-order valence-electron chi connectivity index (χ3n) is 7.73. The number of nitrogens with one attached hydrogen (secondary N) is 1. The zero-order valence-electron chi connectivity index (χ0n) is 22.1. The number of fused-ring (bicyclic) bond motifs is 3. The molecule has 2 aromatic carbocycles. The van der Waals surface area contributed by atoms with Gasteiger partial charge >= 0.3 is 6.09 Å². The fraction of sp³-hybridized carbons (Fsp3) is 0.433. The zero-order valence-corrected chi connectivity index (χ0v) is 22.1. The van der Waals surface area contributed by atoms with Crippen LogP contribution in [0.4, 0.5) is 10.5 Å². The molecule has 1 unspecified atom stereocenters. The number of anilines is 1. The van der Waals surface area contributed by atoms with Crippen molar-refractivity contribution in [2.45, 2.75) is 51.5 Å². The maximum absolute atomic E-state index is 12.4. The number of rotatable bonds is 7. The second-order valence-corrected chi connectivity index (χ2v) is 10.5. The van der Waals surface area contributed by atoms with Crippen LogP contribution in [0.25, 0.3) is 11.3 Å². The summed E-state index contributed by atoms with van der Waals surface area (Å²) in [5.41, 5.74) is 4.96. The van der Waals surface area contributed by atoms with Gasteiger partial charge in [-0.25, -0.2) is 14.8 Å². The summed E-state index contributed by atoms with van der Waals surface area (Å²) in [5.74, 6) is 2.89. The van der Waals surface area contributed by atoms with E-state index in [0.717, 1.165) is 60.1 Å². The topological polar surface area (TPSA) is 76.6 Å². The van der Waals surface area contributed by atoms with Crippen molar-refractivity contribution in [2.24, 2.45) is 5.92 Å². The molecular formula is C30H36N4O3. The molecule has 4 atom stereocenters. The van der Waals surface area contributed by atoms with Crippen molar-refractivity contribution >= 4 is 11.8 Å². The predicted octanol–water partition coefficient (Wildman–Crippen LogP) is 6.01. The molecule has 3 aliphatic heterocycles. The maximum atomic E-state index is 12.4. The average Bonchev–Trinajstić information content (AvgIpc) is 2.92. The van der Waals surface area contributed by atoms with Crippen LogP contribution < -0.4 is 10.1 Å². The van der Waals surface area contributed by atoms with Crippen LogP contribution in [0.1, 0.15) is 55.6 Å². The molecule has 7 heteroatoms. The number of piperidine rings is 3. The van der Waals surface area contributed by atoms with E-state index in [4.69, 9.17) is 19.4 Å². The summed E-state index contributed by atoms with van der Waals surface area (Å²) >= 11 is 0. The first-order chi connectivity index (χ1) is 17.9. The van der Waals surface area contributed by atoms with E-state index in [1.807, 2.05) is 55.5 Å².